The summed E-state index contributed by atoms with van der Waals surface area (Å²) in [6.45, 7) is 16.2. The maximum absolute atomic E-state index is 6.13. The quantitative estimate of drug-likeness (QED) is 0.782. The fourth-order valence-corrected chi connectivity index (χ4v) is 1.72. The molecule has 0 bridgehead atoms. The molecule has 2 N–H and O–H groups in total. The molecule has 0 aromatic rings. The molecule has 0 rings (SSSR count). The van der Waals surface area contributed by atoms with E-state index in [2.05, 4.69) is 48.5 Å². The molecule has 2 unspecified atom stereocenters. The van der Waals surface area contributed by atoms with E-state index in [0.717, 1.165) is 19.4 Å². The number of hydrogen-bond donors (Lipinski definition) is 1. The van der Waals surface area contributed by atoms with Gasteiger partial charge in [0.05, 0.1) is 6.10 Å². The summed E-state index contributed by atoms with van der Waals surface area (Å²) in [5.74, 6) is 0. The average Bonchev–Trinajstić information content (AvgIpc) is 2.07. The summed E-state index contributed by atoms with van der Waals surface area (Å²) in [6.07, 6.45) is 2.20. The molecule has 0 amide bonds. The van der Waals surface area contributed by atoms with Crippen molar-refractivity contribution in [1.29, 1.82) is 0 Å². The zero-order chi connectivity index (χ0) is 13.0. The molecule has 0 fully saturated rings. The number of nitrogens with two attached hydrogens (primary N) is 1. The van der Waals surface area contributed by atoms with Gasteiger partial charge in [-0.1, -0.05) is 48.5 Å². The molecular weight excluding hydrogens is 198 g/mol. The average molecular weight is 229 g/mol. The first-order valence-electron chi connectivity index (χ1n) is 6.45. The molecule has 0 heterocycles. The lowest BCUT2D eigenvalue weighted by atomic mass is 9.83. The first-order chi connectivity index (χ1) is 7.08. The van der Waals surface area contributed by atoms with Gasteiger partial charge in [0.1, 0.15) is 0 Å². The molecule has 16 heavy (non-hydrogen) atoms. The Bertz CT molecular complexity index is 188. The maximum atomic E-state index is 6.13. The van der Waals surface area contributed by atoms with Crippen molar-refractivity contribution in [3.05, 3.63) is 0 Å². The highest BCUT2D eigenvalue weighted by molar-refractivity contribution is 4.83. The number of rotatable bonds is 5. The van der Waals surface area contributed by atoms with Crippen LogP contribution in [0.25, 0.3) is 0 Å². The van der Waals surface area contributed by atoms with Crippen molar-refractivity contribution in [2.24, 2.45) is 16.6 Å². The van der Waals surface area contributed by atoms with E-state index in [1.807, 2.05) is 0 Å². The lowest BCUT2D eigenvalue weighted by Gasteiger charge is -2.35. The molecule has 0 aliphatic heterocycles. The first kappa shape index (κ1) is 15.9. The molecule has 0 aliphatic carbocycles. The van der Waals surface area contributed by atoms with E-state index in [9.17, 15) is 0 Å². The predicted molar refractivity (Wildman–Crippen MR) is 71.5 cm³/mol. The van der Waals surface area contributed by atoms with E-state index in [1.165, 1.54) is 0 Å². The summed E-state index contributed by atoms with van der Waals surface area (Å²) < 4.78 is 6.01. The molecule has 98 valence electrons. The van der Waals surface area contributed by atoms with Gasteiger partial charge >= 0.3 is 0 Å². The highest BCUT2D eigenvalue weighted by Crippen LogP contribution is 2.27. The Kier molecular flexibility index (Phi) is 5.99. The summed E-state index contributed by atoms with van der Waals surface area (Å²) in [4.78, 5) is 0. The first-order valence-corrected chi connectivity index (χ1v) is 6.45. The highest BCUT2D eigenvalue weighted by Gasteiger charge is 2.30. The zero-order valence-electron chi connectivity index (χ0n) is 12.3. The predicted octanol–water partition coefficient (Wildman–Crippen LogP) is 3.59. The van der Waals surface area contributed by atoms with Crippen LogP contribution >= 0.6 is 0 Å². The second-order valence-electron chi connectivity index (χ2n) is 7.04. The van der Waals surface area contributed by atoms with Gasteiger partial charge in [-0.3, -0.25) is 0 Å². The molecule has 0 saturated heterocycles. The highest BCUT2D eigenvalue weighted by atomic mass is 16.5. The SMILES string of the molecule is CCC(N)C(OCCC(C)(C)C)C(C)(C)C. The Balaban J connectivity index is 4.25. The Labute approximate surface area is 102 Å². The lowest BCUT2D eigenvalue weighted by molar-refractivity contribution is -0.0420. The lowest BCUT2D eigenvalue weighted by Crippen LogP contribution is -2.45. The van der Waals surface area contributed by atoms with Gasteiger partial charge in [-0.15, -0.1) is 0 Å². The van der Waals surface area contributed by atoms with Crippen molar-refractivity contribution in [2.45, 2.75) is 73.5 Å². The van der Waals surface area contributed by atoms with E-state index < -0.39 is 0 Å². The third-order valence-electron chi connectivity index (χ3n) is 2.86. The maximum Gasteiger partial charge on any atom is 0.0773 e. The van der Waals surface area contributed by atoms with Gasteiger partial charge in [-0.25, -0.2) is 0 Å². The normalized spacial score (nSPS) is 17.2. The standard InChI is InChI=1S/C14H31NO/c1-8-11(15)12(14(5,6)7)16-10-9-13(2,3)4/h11-12H,8-10,15H2,1-7H3. The van der Waals surface area contributed by atoms with Crippen LogP contribution in [0.15, 0.2) is 0 Å². The van der Waals surface area contributed by atoms with Crippen molar-refractivity contribution >= 4 is 0 Å². The Morgan fingerprint density at radius 1 is 1.06 bits per heavy atom. The van der Waals surface area contributed by atoms with Gasteiger partial charge in [0.2, 0.25) is 0 Å². The van der Waals surface area contributed by atoms with Gasteiger partial charge < -0.3 is 10.5 Å². The van der Waals surface area contributed by atoms with Crippen molar-refractivity contribution < 1.29 is 4.74 Å². The number of hydrogen-bond acceptors (Lipinski definition) is 2. The Morgan fingerprint density at radius 2 is 1.56 bits per heavy atom. The minimum Gasteiger partial charge on any atom is -0.376 e. The monoisotopic (exact) mass is 229 g/mol. The third kappa shape index (κ3) is 6.49. The topological polar surface area (TPSA) is 35.2 Å². The van der Waals surface area contributed by atoms with Crippen LogP contribution in [0, 0.1) is 10.8 Å². The van der Waals surface area contributed by atoms with Crippen molar-refractivity contribution in [1.82, 2.24) is 0 Å². The second-order valence-corrected chi connectivity index (χ2v) is 7.04. The number of ether oxygens (including phenoxy) is 1. The molecule has 0 saturated carbocycles. The molecule has 2 heteroatoms. The van der Waals surface area contributed by atoms with E-state index >= 15 is 0 Å². The molecular formula is C14H31NO. The van der Waals surface area contributed by atoms with E-state index in [-0.39, 0.29) is 17.6 Å². The van der Waals surface area contributed by atoms with Crippen LogP contribution in [0.1, 0.15) is 61.3 Å². The third-order valence-corrected chi connectivity index (χ3v) is 2.86. The smallest absolute Gasteiger partial charge is 0.0773 e. The fourth-order valence-electron chi connectivity index (χ4n) is 1.72. The van der Waals surface area contributed by atoms with Crippen LogP contribution < -0.4 is 5.73 Å². The second kappa shape index (κ2) is 6.02. The van der Waals surface area contributed by atoms with Gasteiger partial charge in [-0.2, -0.15) is 0 Å². The summed E-state index contributed by atoms with van der Waals surface area (Å²) in [6, 6.07) is 0.139. The van der Waals surface area contributed by atoms with Gasteiger partial charge in [-0.05, 0) is 23.7 Å². The molecule has 2 nitrogen and oxygen atoms in total. The molecule has 0 radical (unpaired) electrons. The van der Waals surface area contributed by atoms with Gasteiger partial charge in [0, 0.05) is 12.6 Å². The van der Waals surface area contributed by atoms with E-state index in [4.69, 9.17) is 10.5 Å². The summed E-state index contributed by atoms with van der Waals surface area (Å²) in [7, 11) is 0. The van der Waals surface area contributed by atoms with E-state index in [1.54, 1.807) is 0 Å². The largest absolute Gasteiger partial charge is 0.376 e. The minimum atomic E-state index is 0.118. The molecule has 0 spiro atoms. The minimum absolute atomic E-state index is 0.118. The van der Waals surface area contributed by atoms with Crippen LogP contribution in [0.4, 0.5) is 0 Å². The van der Waals surface area contributed by atoms with Crippen molar-refractivity contribution in [2.75, 3.05) is 6.61 Å². The molecule has 0 aromatic carbocycles. The molecule has 2 atom stereocenters. The molecule has 0 aromatic heterocycles. The van der Waals surface area contributed by atoms with Crippen molar-refractivity contribution in [3.63, 3.8) is 0 Å². The van der Waals surface area contributed by atoms with Crippen molar-refractivity contribution in [3.8, 4) is 0 Å². The van der Waals surface area contributed by atoms with Crippen LogP contribution in [0.3, 0.4) is 0 Å². The Hall–Kier alpha value is -0.0800. The van der Waals surface area contributed by atoms with Gasteiger partial charge in [0.25, 0.3) is 0 Å². The zero-order valence-corrected chi connectivity index (χ0v) is 12.3. The Morgan fingerprint density at radius 3 is 1.88 bits per heavy atom. The molecule has 0 aliphatic rings. The summed E-state index contributed by atoms with van der Waals surface area (Å²) >= 11 is 0. The van der Waals surface area contributed by atoms with Crippen LogP contribution in [0.2, 0.25) is 0 Å². The summed E-state index contributed by atoms with van der Waals surface area (Å²) in [5.41, 5.74) is 6.58. The van der Waals surface area contributed by atoms with Crippen LogP contribution in [-0.4, -0.2) is 18.8 Å². The van der Waals surface area contributed by atoms with Gasteiger partial charge in [0.15, 0.2) is 0 Å². The van der Waals surface area contributed by atoms with Crippen LogP contribution in [-0.2, 0) is 4.74 Å². The summed E-state index contributed by atoms with van der Waals surface area (Å²) in [5, 5.41) is 0. The van der Waals surface area contributed by atoms with Crippen LogP contribution in [0.5, 0.6) is 0 Å². The van der Waals surface area contributed by atoms with E-state index in [0.29, 0.717) is 5.41 Å². The fraction of sp³-hybridized carbons (Fsp3) is 1.00.